The van der Waals surface area contributed by atoms with Crippen LogP contribution in [0.5, 0.6) is 0 Å². The highest BCUT2D eigenvalue weighted by atomic mass is 16.2. The monoisotopic (exact) mass is 264 g/mol. The number of likely N-dealkylation sites (tertiary alicyclic amines) is 1. The summed E-state index contributed by atoms with van der Waals surface area (Å²) in [4.78, 5) is 14.4. The largest absolute Gasteiger partial charge is 0.341 e. The molecule has 3 nitrogen and oxygen atoms in total. The summed E-state index contributed by atoms with van der Waals surface area (Å²) >= 11 is 0. The second-order valence-corrected chi connectivity index (χ2v) is 6.88. The SMILES string of the molecule is CC(NC1CCCC(C2CC2)C1)C(=O)N1CCCC1. The van der Waals surface area contributed by atoms with E-state index in [1.165, 1.54) is 51.4 Å². The Bertz CT molecular complexity index is 321. The summed E-state index contributed by atoms with van der Waals surface area (Å²) in [6.07, 6.45) is 10.6. The Morgan fingerprint density at radius 3 is 2.47 bits per heavy atom. The standard InChI is InChI=1S/C16H28N2O/c1-12(16(19)18-9-2-3-10-18)17-15-6-4-5-14(11-15)13-7-8-13/h12-15,17H,2-11H2,1H3. The smallest absolute Gasteiger partial charge is 0.239 e. The van der Waals surface area contributed by atoms with Gasteiger partial charge in [-0.15, -0.1) is 0 Å². The second-order valence-electron chi connectivity index (χ2n) is 6.88. The van der Waals surface area contributed by atoms with Crippen LogP contribution in [0.2, 0.25) is 0 Å². The number of nitrogens with zero attached hydrogens (tertiary/aromatic N) is 1. The molecule has 3 heteroatoms. The zero-order valence-corrected chi connectivity index (χ0v) is 12.2. The van der Waals surface area contributed by atoms with Crippen molar-refractivity contribution in [3.63, 3.8) is 0 Å². The minimum Gasteiger partial charge on any atom is -0.341 e. The molecule has 0 aromatic carbocycles. The maximum absolute atomic E-state index is 12.3. The van der Waals surface area contributed by atoms with Gasteiger partial charge < -0.3 is 10.2 Å². The van der Waals surface area contributed by atoms with Gasteiger partial charge in [-0.2, -0.15) is 0 Å². The normalized spacial score (nSPS) is 33.4. The lowest BCUT2D eigenvalue weighted by Gasteiger charge is -2.32. The van der Waals surface area contributed by atoms with Crippen molar-refractivity contribution in [2.75, 3.05) is 13.1 Å². The van der Waals surface area contributed by atoms with E-state index in [9.17, 15) is 4.79 Å². The molecule has 3 fully saturated rings. The Labute approximate surface area is 117 Å². The van der Waals surface area contributed by atoms with E-state index in [0.717, 1.165) is 24.9 Å². The molecular formula is C16H28N2O. The molecule has 0 aromatic rings. The van der Waals surface area contributed by atoms with E-state index in [2.05, 4.69) is 12.2 Å². The van der Waals surface area contributed by atoms with Crippen molar-refractivity contribution < 1.29 is 4.79 Å². The molecule has 3 aliphatic rings. The molecule has 3 rings (SSSR count). The minimum atomic E-state index is 0.0149. The molecule has 2 saturated carbocycles. The average Bonchev–Trinajstić information content (AvgIpc) is 3.13. The Balaban J connectivity index is 1.47. The van der Waals surface area contributed by atoms with E-state index in [0.29, 0.717) is 11.9 Å². The minimum absolute atomic E-state index is 0.0149. The molecule has 0 spiro atoms. The van der Waals surface area contributed by atoms with Crippen molar-refractivity contribution in [2.45, 2.75) is 70.4 Å². The van der Waals surface area contributed by atoms with Crippen molar-refractivity contribution in [1.82, 2.24) is 10.2 Å². The summed E-state index contributed by atoms with van der Waals surface area (Å²) in [5.74, 6) is 2.29. The maximum Gasteiger partial charge on any atom is 0.239 e. The van der Waals surface area contributed by atoms with Gasteiger partial charge in [0.2, 0.25) is 5.91 Å². The number of rotatable bonds is 4. The fourth-order valence-electron chi connectivity index (χ4n) is 4.01. The summed E-state index contributed by atoms with van der Waals surface area (Å²) in [6.45, 7) is 4.00. The molecule has 1 heterocycles. The number of hydrogen-bond acceptors (Lipinski definition) is 2. The second kappa shape index (κ2) is 5.82. The van der Waals surface area contributed by atoms with Crippen LogP contribution in [0.3, 0.4) is 0 Å². The molecule has 1 saturated heterocycles. The fraction of sp³-hybridized carbons (Fsp3) is 0.938. The van der Waals surface area contributed by atoms with Crippen molar-refractivity contribution in [3.8, 4) is 0 Å². The molecule has 3 unspecified atom stereocenters. The molecule has 1 amide bonds. The van der Waals surface area contributed by atoms with E-state index in [1.807, 2.05) is 4.90 Å². The van der Waals surface area contributed by atoms with Gasteiger partial charge in [0.15, 0.2) is 0 Å². The third-order valence-electron chi connectivity index (χ3n) is 5.28. The highest BCUT2D eigenvalue weighted by Gasteiger charge is 2.35. The predicted molar refractivity (Wildman–Crippen MR) is 76.9 cm³/mol. The molecule has 0 bridgehead atoms. The lowest BCUT2D eigenvalue weighted by molar-refractivity contribution is -0.132. The van der Waals surface area contributed by atoms with Crippen molar-refractivity contribution >= 4 is 5.91 Å². The Hall–Kier alpha value is -0.570. The molecular weight excluding hydrogens is 236 g/mol. The first-order valence-corrected chi connectivity index (χ1v) is 8.29. The van der Waals surface area contributed by atoms with E-state index >= 15 is 0 Å². The summed E-state index contributed by atoms with van der Waals surface area (Å²) in [5.41, 5.74) is 0. The number of amides is 1. The van der Waals surface area contributed by atoms with Crippen LogP contribution in [0.4, 0.5) is 0 Å². The zero-order chi connectivity index (χ0) is 13.2. The van der Waals surface area contributed by atoms with Gasteiger partial charge in [-0.25, -0.2) is 0 Å². The van der Waals surface area contributed by atoms with E-state index in [4.69, 9.17) is 0 Å². The predicted octanol–water partition coefficient (Wildman–Crippen LogP) is 2.56. The Morgan fingerprint density at radius 1 is 1.05 bits per heavy atom. The van der Waals surface area contributed by atoms with Crippen LogP contribution in [0, 0.1) is 11.8 Å². The van der Waals surface area contributed by atoms with Crippen LogP contribution >= 0.6 is 0 Å². The topological polar surface area (TPSA) is 32.3 Å². The van der Waals surface area contributed by atoms with E-state index < -0.39 is 0 Å². The number of nitrogens with one attached hydrogen (secondary N) is 1. The van der Waals surface area contributed by atoms with E-state index in [-0.39, 0.29) is 6.04 Å². The lowest BCUT2D eigenvalue weighted by atomic mass is 9.82. The summed E-state index contributed by atoms with van der Waals surface area (Å²) in [6, 6.07) is 0.599. The fourth-order valence-corrected chi connectivity index (χ4v) is 4.01. The van der Waals surface area contributed by atoms with Crippen LogP contribution in [-0.4, -0.2) is 36.0 Å². The number of carbonyl (C=O) groups is 1. The molecule has 2 aliphatic carbocycles. The highest BCUT2D eigenvalue weighted by molar-refractivity contribution is 5.81. The van der Waals surface area contributed by atoms with Crippen molar-refractivity contribution in [3.05, 3.63) is 0 Å². The van der Waals surface area contributed by atoms with Crippen LogP contribution in [0.15, 0.2) is 0 Å². The van der Waals surface area contributed by atoms with Gasteiger partial charge in [-0.3, -0.25) is 4.79 Å². The lowest BCUT2D eigenvalue weighted by Crippen LogP contribution is -2.48. The maximum atomic E-state index is 12.3. The summed E-state index contributed by atoms with van der Waals surface area (Å²) in [7, 11) is 0. The Morgan fingerprint density at radius 2 is 1.79 bits per heavy atom. The first kappa shape index (κ1) is 13.4. The molecule has 0 aromatic heterocycles. The van der Waals surface area contributed by atoms with Gasteiger partial charge in [0, 0.05) is 19.1 Å². The van der Waals surface area contributed by atoms with Gasteiger partial charge in [-0.1, -0.05) is 12.8 Å². The molecule has 19 heavy (non-hydrogen) atoms. The Kier molecular flexibility index (Phi) is 4.11. The molecule has 0 radical (unpaired) electrons. The van der Waals surface area contributed by atoms with Gasteiger partial charge >= 0.3 is 0 Å². The summed E-state index contributed by atoms with van der Waals surface area (Å²) in [5, 5.41) is 3.62. The van der Waals surface area contributed by atoms with Gasteiger partial charge in [0.05, 0.1) is 6.04 Å². The third-order valence-corrected chi connectivity index (χ3v) is 5.28. The molecule has 108 valence electrons. The van der Waals surface area contributed by atoms with E-state index in [1.54, 1.807) is 0 Å². The average molecular weight is 264 g/mol. The first-order valence-electron chi connectivity index (χ1n) is 8.29. The zero-order valence-electron chi connectivity index (χ0n) is 12.2. The van der Waals surface area contributed by atoms with Crippen LogP contribution in [-0.2, 0) is 4.79 Å². The molecule has 1 N–H and O–H groups in total. The van der Waals surface area contributed by atoms with Crippen molar-refractivity contribution in [1.29, 1.82) is 0 Å². The summed E-state index contributed by atoms with van der Waals surface area (Å²) < 4.78 is 0. The van der Waals surface area contributed by atoms with Gasteiger partial charge in [-0.05, 0) is 57.3 Å². The molecule has 3 atom stereocenters. The number of hydrogen-bond donors (Lipinski definition) is 1. The van der Waals surface area contributed by atoms with Crippen LogP contribution in [0.25, 0.3) is 0 Å². The third kappa shape index (κ3) is 3.31. The highest BCUT2D eigenvalue weighted by Crippen LogP contribution is 2.43. The van der Waals surface area contributed by atoms with Gasteiger partial charge in [0.1, 0.15) is 0 Å². The van der Waals surface area contributed by atoms with Gasteiger partial charge in [0.25, 0.3) is 0 Å². The van der Waals surface area contributed by atoms with Crippen molar-refractivity contribution in [2.24, 2.45) is 11.8 Å². The van der Waals surface area contributed by atoms with Crippen LogP contribution < -0.4 is 5.32 Å². The van der Waals surface area contributed by atoms with Crippen LogP contribution in [0.1, 0.15) is 58.3 Å². The number of carbonyl (C=O) groups excluding carboxylic acids is 1. The first-order chi connectivity index (χ1) is 9.24. The molecule has 1 aliphatic heterocycles. The quantitative estimate of drug-likeness (QED) is 0.846.